The summed E-state index contributed by atoms with van der Waals surface area (Å²) in [5.41, 5.74) is 5.88. The fourth-order valence-electron chi connectivity index (χ4n) is 2.08. The average molecular weight is 264 g/mol. The predicted molar refractivity (Wildman–Crippen MR) is 76.8 cm³/mol. The maximum absolute atomic E-state index is 11.4. The van der Waals surface area contributed by atoms with Crippen LogP contribution in [-0.2, 0) is 0 Å². The highest BCUT2D eigenvalue weighted by molar-refractivity contribution is 6.06. The summed E-state index contributed by atoms with van der Waals surface area (Å²) in [5, 5.41) is 1.73. The van der Waals surface area contributed by atoms with Crippen molar-refractivity contribution < 1.29 is 9.53 Å². The molecule has 0 atom stereocenters. The van der Waals surface area contributed by atoms with Gasteiger partial charge >= 0.3 is 0 Å². The highest BCUT2D eigenvalue weighted by Gasteiger charge is 2.07. The molecule has 3 rings (SSSR count). The van der Waals surface area contributed by atoms with Crippen LogP contribution in [-0.4, -0.2) is 10.9 Å². The molecule has 0 fully saturated rings. The van der Waals surface area contributed by atoms with Gasteiger partial charge in [-0.3, -0.25) is 9.78 Å². The number of primary amides is 1. The molecule has 0 radical (unpaired) electrons. The van der Waals surface area contributed by atoms with Crippen LogP contribution in [0.4, 0.5) is 0 Å². The van der Waals surface area contributed by atoms with Crippen LogP contribution in [0.25, 0.3) is 10.8 Å². The molecule has 0 unspecified atom stereocenters. The first-order valence-electron chi connectivity index (χ1n) is 6.14. The number of fused-ring (bicyclic) bond motifs is 1. The zero-order valence-electron chi connectivity index (χ0n) is 10.6. The van der Waals surface area contributed by atoms with E-state index in [2.05, 4.69) is 4.98 Å². The lowest BCUT2D eigenvalue weighted by molar-refractivity contribution is 0.100. The molecular weight excluding hydrogens is 252 g/mol. The number of ether oxygens (including phenoxy) is 1. The Morgan fingerprint density at radius 2 is 1.80 bits per heavy atom. The molecule has 1 heterocycles. The van der Waals surface area contributed by atoms with Gasteiger partial charge in [0, 0.05) is 18.0 Å². The van der Waals surface area contributed by atoms with Gasteiger partial charge in [-0.15, -0.1) is 0 Å². The van der Waals surface area contributed by atoms with E-state index in [1.165, 1.54) is 0 Å². The lowest BCUT2D eigenvalue weighted by Crippen LogP contribution is -2.11. The Hall–Kier alpha value is -2.88. The molecule has 20 heavy (non-hydrogen) atoms. The van der Waals surface area contributed by atoms with E-state index in [0.717, 1.165) is 10.8 Å². The van der Waals surface area contributed by atoms with Crippen molar-refractivity contribution in [2.75, 3.05) is 0 Å². The quantitative estimate of drug-likeness (QED) is 0.790. The lowest BCUT2D eigenvalue weighted by Gasteiger charge is -2.08. The van der Waals surface area contributed by atoms with Crippen molar-refractivity contribution >= 4 is 16.7 Å². The van der Waals surface area contributed by atoms with Gasteiger partial charge in [-0.2, -0.15) is 0 Å². The minimum atomic E-state index is -0.432. The van der Waals surface area contributed by atoms with E-state index in [1.807, 2.05) is 24.3 Å². The second-order valence-corrected chi connectivity index (χ2v) is 4.34. The maximum Gasteiger partial charge on any atom is 0.249 e. The van der Waals surface area contributed by atoms with E-state index in [9.17, 15) is 4.79 Å². The van der Waals surface area contributed by atoms with Gasteiger partial charge in [0.25, 0.3) is 0 Å². The molecule has 0 aliphatic rings. The third-order valence-electron chi connectivity index (χ3n) is 3.00. The minimum absolute atomic E-state index is 0.432. The number of nitrogens with two attached hydrogens (primary N) is 1. The molecule has 4 nitrogen and oxygen atoms in total. The van der Waals surface area contributed by atoms with E-state index in [-0.39, 0.29) is 0 Å². The van der Waals surface area contributed by atoms with E-state index in [4.69, 9.17) is 10.5 Å². The molecule has 2 aromatic carbocycles. The van der Waals surface area contributed by atoms with Gasteiger partial charge in [0.1, 0.15) is 11.5 Å². The number of hydrogen-bond acceptors (Lipinski definition) is 3. The molecule has 3 aromatic rings. The molecule has 98 valence electrons. The van der Waals surface area contributed by atoms with E-state index in [0.29, 0.717) is 17.1 Å². The fraction of sp³-hybridized carbons (Fsp3) is 0. The third-order valence-corrected chi connectivity index (χ3v) is 3.00. The Balaban J connectivity index is 2.01. The van der Waals surface area contributed by atoms with Gasteiger partial charge < -0.3 is 10.5 Å². The Morgan fingerprint density at radius 3 is 2.55 bits per heavy atom. The monoisotopic (exact) mass is 264 g/mol. The zero-order chi connectivity index (χ0) is 13.9. The molecule has 0 saturated carbocycles. The van der Waals surface area contributed by atoms with Crippen molar-refractivity contribution in [1.82, 2.24) is 4.98 Å². The topological polar surface area (TPSA) is 65.2 Å². The smallest absolute Gasteiger partial charge is 0.249 e. The predicted octanol–water partition coefficient (Wildman–Crippen LogP) is 3.13. The fourth-order valence-corrected chi connectivity index (χ4v) is 2.08. The number of carbonyl (C=O) groups excluding carboxylic acids is 1. The van der Waals surface area contributed by atoms with Crippen LogP contribution >= 0.6 is 0 Å². The van der Waals surface area contributed by atoms with Crippen molar-refractivity contribution in [2.45, 2.75) is 0 Å². The molecule has 0 aliphatic heterocycles. The highest BCUT2D eigenvalue weighted by Crippen LogP contribution is 2.27. The number of carbonyl (C=O) groups is 1. The van der Waals surface area contributed by atoms with Gasteiger partial charge in [-0.05, 0) is 47.2 Å². The Bertz CT molecular complexity index is 770. The van der Waals surface area contributed by atoms with Crippen LogP contribution < -0.4 is 10.5 Å². The summed E-state index contributed by atoms with van der Waals surface area (Å²) in [6.45, 7) is 0. The van der Waals surface area contributed by atoms with Gasteiger partial charge in [-0.25, -0.2) is 0 Å². The summed E-state index contributed by atoms with van der Waals surface area (Å²) in [4.78, 5) is 15.3. The second kappa shape index (κ2) is 5.01. The molecule has 0 aliphatic carbocycles. The number of amides is 1. The van der Waals surface area contributed by atoms with Gasteiger partial charge in [0.05, 0.1) is 0 Å². The van der Waals surface area contributed by atoms with Crippen molar-refractivity contribution in [1.29, 1.82) is 0 Å². The van der Waals surface area contributed by atoms with E-state index < -0.39 is 5.91 Å². The number of nitrogens with zero attached hydrogens (tertiary/aromatic N) is 1. The van der Waals surface area contributed by atoms with Crippen LogP contribution in [0.15, 0.2) is 60.9 Å². The van der Waals surface area contributed by atoms with Crippen LogP contribution in [0.3, 0.4) is 0 Å². The molecule has 1 amide bonds. The number of aromatic nitrogens is 1. The lowest BCUT2D eigenvalue weighted by atomic mass is 10.0. The first-order chi connectivity index (χ1) is 9.74. The molecule has 0 spiro atoms. The molecular formula is C16H12N2O2. The van der Waals surface area contributed by atoms with Crippen molar-refractivity contribution in [3.05, 3.63) is 66.5 Å². The number of hydrogen-bond donors (Lipinski definition) is 1. The number of rotatable bonds is 3. The van der Waals surface area contributed by atoms with E-state index in [1.54, 1.807) is 36.7 Å². The van der Waals surface area contributed by atoms with Gasteiger partial charge in [0.15, 0.2) is 0 Å². The SMILES string of the molecule is NC(=O)c1cccc2cc(Oc3ccncc3)ccc12. The normalized spacial score (nSPS) is 10.4. The molecule has 1 aromatic heterocycles. The van der Waals surface area contributed by atoms with Crippen molar-refractivity contribution in [3.8, 4) is 11.5 Å². The van der Waals surface area contributed by atoms with Crippen LogP contribution in [0.1, 0.15) is 10.4 Å². The molecule has 2 N–H and O–H groups in total. The first kappa shape index (κ1) is 12.2. The van der Waals surface area contributed by atoms with Crippen molar-refractivity contribution in [2.24, 2.45) is 5.73 Å². The number of pyridine rings is 1. The molecule has 4 heteroatoms. The molecule has 0 bridgehead atoms. The largest absolute Gasteiger partial charge is 0.457 e. The standard InChI is InChI=1S/C16H12N2O2/c17-16(19)15-3-1-2-11-10-13(4-5-14(11)15)20-12-6-8-18-9-7-12/h1-10H,(H2,17,19). The summed E-state index contributed by atoms with van der Waals surface area (Å²) in [6.07, 6.45) is 3.34. The van der Waals surface area contributed by atoms with E-state index >= 15 is 0 Å². The third kappa shape index (κ3) is 2.31. The highest BCUT2D eigenvalue weighted by atomic mass is 16.5. The molecule has 0 saturated heterocycles. The Kier molecular flexibility index (Phi) is 3.05. The Morgan fingerprint density at radius 1 is 1.00 bits per heavy atom. The average Bonchev–Trinajstić information content (AvgIpc) is 2.47. The van der Waals surface area contributed by atoms with Gasteiger partial charge in [0.2, 0.25) is 5.91 Å². The Labute approximate surface area is 115 Å². The van der Waals surface area contributed by atoms with Gasteiger partial charge in [-0.1, -0.05) is 12.1 Å². The number of benzene rings is 2. The zero-order valence-corrected chi connectivity index (χ0v) is 10.6. The van der Waals surface area contributed by atoms with Crippen LogP contribution in [0.2, 0.25) is 0 Å². The minimum Gasteiger partial charge on any atom is -0.457 e. The summed E-state index contributed by atoms with van der Waals surface area (Å²) in [7, 11) is 0. The van der Waals surface area contributed by atoms with Crippen LogP contribution in [0, 0.1) is 0 Å². The summed E-state index contributed by atoms with van der Waals surface area (Å²) in [5.74, 6) is 0.981. The summed E-state index contributed by atoms with van der Waals surface area (Å²) in [6, 6.07) is 14.5. The maximum atomic E-state index is 11.4. The first-order valence-corrected chi connectivity index (χ1v) is 6.14. The van der Waals surface area contributed by atoms with Crippen molar-refractivity contribution in [3.63, 3.8) is 0 Å². The second-order valence-electron chi connectivity index (χ2n) is 4.34. The van der Waals surface area contributed by atoms with Crippen LogP contribution in [0.5, 0.6) is 11.5 Å². The summed E-state index contributed by atoms with van der Waals surface area (Å²) >= 11 is 0. The summed E-state index contributed by atoms with van der Waals surface area (Å²) < 4.78 is 5.73.